The molecule has 0 saturated heterocycles. The Morgan fingerprint density at radius 2 is 0.831 bits per heavy atom. The van der Waals surface area contributed by atoms with Crippen LogP contribution >= 0.6 is 23.5 Å². The van der Waals surface area contributed by atoms with E-state index in [0.717, 1.165) is 10.1 Å². The highest BCUT2D eigenvalue weighted by Gasteiger charge is 2.52. The lowest BCUT2D eigenvalue weighted by molar-refractivity contribution is 0.426. The topological polar surface area (TPSA) is 24.7 Å². The fourth-order valence-corrected chi connectivity index (χ4v) is 12.4. The first-order chi connectivity index (χ1) is 28.2. The second-order valence-corrected chi connectivity index (χ2v) is 22.1. The van der Waals surface area contributed by atoms with Gasteiger partial charge in [-0.15, -0.1) is 0 Å². The van der Waals surface area contributed by atoms with E-state index in [2.05, 4.69) is 201 Å². The van der Waals surface area contributed by atoms with E-state index in [-0.39, 0.29) is 20.6 Å². The molecule has 0 amide bonds. The van der Waals surface area contributed by atoms with Gasteiger partial charge in [-0.05, 0) is 157 Å². The van der Waals surface area contributed by atoms with Gasteiger partial charge in [0.05, 0.1) is 26.6 Å². The minimum Gasteiger partial charge on any atom is -0.270 e. The number of nitrogens with zero attached hydrogens (tertiary/aromatic N) is 2. The third kappa shape index (κ3) is 5.21. The molecule has 4 heteroatoms. The average molecular weight is 801 g/mol. The summed E-state index contributed by atoms with van der Waals surface area (Å²) in [6.07, 6.45) is 0. The van der Waals surface area contributed by atoms with Crippen LogP contribution in [0.15, 0.2) is 156 Å². The molecule has 0 aromatic heterocycles. The van der Waals surface area contributed by atoms with Crippen molar-refractivity contribution in [1.29, 1.82) is 0 Å². The molecule has 0 saturated carbocycles. The molecule has 2 heterocycles. The molecular formula is C55H48N2S2. The number of thioether (sulfide) groups is 2. The fourth-order valence-electron chi connectivity index (χ4n) is 9.80. The Hall–Kier alpha value is -5.16. The SMILES string of the molecule is CC1(C)N=C(c2cccc(-c3ccc4c(c3)C3(c5ccccc5-c5ccccc53)c3c-4ccc4cc(-c5cccc(C6=NC(C)(C)C(C)(C)S6)c5)ccc34)c2)SC1(C)C. The maximum Gasteiger partial charge on any atom is 0.0990 e. The van der Waals surface area contributed by atoms with Crippen LogP contribution in [-0.2, 0) is 5.41 Å². The molecule has 0 fully saturated rings. The summed E-state index contributed by atoms with van der Waals surface area (Å²) >= 11 is 3.78. The smallest absolute Gasteiger partial charge is 0.0990 e. The number of hydrogen-bond donors (Lipinski definition) is 0. The van der Waals surface area contributed by atoms with Crippen LogP contribution in [0.1, 0.15) is 88.8 Å². The zero-order valence-corrected chi connectivity index (χ0v) is 36.7. The van der Waals surface area contributed by atoms with Crippen molar-refractivity contribution in [2.24, 2.45) is 9.98 Å². The lowest BCUT2D eigenvalue weighted by Gasteiger charge is -2.32. The van der Waals surface area contributed by atoms with E-state index in [0.29, 0.717) is 0 Å². The van der Waals surface area contributed by atoms with Gasteiger partial charge in [0.15, 0.2) is 0 Å². The predicted octanol–water partition coefficient (Wildman–Crippen LogP) is 14.6. The molecule has 2 aliphatic carbocycles. The van der Waals surface area contributed by atoms with Gasteiger partial charge in [0, 0.05) is 20.6 Å². The first-order valence-electron chi connectivity index (χ1n) is 20.9. The lowest BCUT2D eigenvalue weighted by atomic mass is 9.69. The molecule has 11 rings (SSSR count). The first-order valence-corrected chi connectivity index (χ1v) is 22.5. The molecule has 0 bridgehead atoms. The van der Waals surface area contributed by atoms with Crippen molar-refractivity contribution in [2.45, 2.75) is 81.4 Å². The summed E-state index contributed by atoms with van der Waals surface area (Å²) in [7, 11) is 0. The van der Waals surface area contributed by atoms with Gasteiger partial charge in [-0.1, -0.05) is 145 Å². The molecule has 0 unspecified atom stereocenters. The van der Waals surface area contributed by atoms with Crippen LogP contribution < -0.4 is 0 Å². The number of hydrogen-bond acceptors (Lipinski definition) is 4. The van der Waals surface area contributed by atoms with Crippen molar-refractivity contribution in [2.75, 3.05) is 0 Å². The van der Waals surface area contributed by atoms with Crippen LogP contribution in [0.4, 0.5) is 0 Å². The number of aliphatic imine (C=N–C) groups is 2. The van der Waals surface area contributed by atoms with Crippen molar-refractivity contribution >= 4 is 44.4 Å². The summed E-state index contributed by atoms with van der Waals surface area (Å²) in [6.45, 7) is 18.2. The van der Waals surface area contributed by atoms with Gasteiger partial charge in [-0.25, -0.2) is 0 Å². The summed E-state index contributed by atoms with van der Waals surface area (Å²) in [5.41, 5.74) is 17.3. The predicted molar refractivity (Wildman–Crippen MR) is 256 cm³/mol. The van der Waals surface area contributed by atoms with Crippen molar-refractivity contribution in [3.05, 3.63) is 179 Å². The molecule has 59 heavy (non-hydrogen) atoms. The van der Waals surface area contributed by atoms with Gasteiger partial charge in [-0.2, -0.15) is 0 Å². The van der Waals surface area contributed by atoms with Crippen LogP contribution in [0, 0.1) is 0 Å². The normalized spacial score (nSPS) is 19.3. The lowest BCUT2D eigenvalue weighted by Crippen LogP contribution is -2.36. The second-order valence-electron chi connectivity index (χ2n) is 18.9. The molecule has 290 valence electrons. The zero-order valence-electron chi connectivity index (χ0n) is 35.1. The Morgan fingerprint density at radius 3 is 1.37 bits per heavy atom. The summed E-state index contributed by atoms with van der Waals surface area (Å²) in [5, 5.41) is 4.81. The maximum absolute atomic E-state index is 5.23. The quantitative estimate of drug-likeness (QED) is 0.177. The van der Waals surface area contributed by atoms with Gasteiger partial charge in [-0.3, -0.25) is 9.98 Å². The van der Waals surface area contributed by atoms with E-state index < -0.39 is 5.41 Å². The van der Waals surface area contributed by atoms with E-state index in [9.17, 15) is 0 Å². The number of fused-ring (bicyclic) bond motifs is 12. The van der Waals surface area contributed by atoms with Crippen LogP contribution in [0.3, 0.4) is 0 Å². The first kappa shape index (κ1) is 36.9. The highest BCUT2D eigenvalue weighted by molar-refractivity contribution is 8.16. The minimum absolute atomic E-state index is 0.0275. The Bertz CT molecular complexity index is 2970. The molecule has 0 N–H and O–H groups in total. The molecule has 0 atom stereocenters. The molecule has 1 spiro atoms. The molecule has 2 aliphatic heterocycles. The molecule has 4 aliphatic rings. The Balaban J connectivity index is 1.09. The van der Waals surface area contributed by atoms with Crippen molar-refractivity contribution in [1.82, 2.24) is 0 Å². The fraction of sp³-hybridized carbons (Fsp3) is 0.236. The van der Waals surface area contributed by atoms with Gasteiger partial charge < -0.3 is 0 Å². The largest absolute Gasteiger partial charge is 0.270 e. The van der Waals surface area contributed by atoms with Gasteiger partial charge in [0.1, 0.15) is 0 Å². The van der Waals surface area contributed by atoms with E-state index in [1.165, 1.54) is 88.7 Å². The summed E-state index contributed by atoms with van der Waals surface area (Å²) in [5.74, 6) is 0. The molecule has 7 aromatic carbocycles. The average Bonchev–Trinajstić information content (AvgIpc) is 3.85. The van der Waals surface area contributed by atoms with Crippen LogP contribution in [0.2, 0.25) is 0 Å². The number of rotatable bonds is 4. The maximum atomic E-state index is 5.23. The van der Waals surface area contributed by atoms with Gasteiger partial charge >= 0.3 is 0 Å². The van der Waals surface area contributed by atoms with Gasteiger partial charge in [0.25, 0.3) is 0 Å². The Labute approximate surface area is 357 Å². The molecule has 0 radical (unpaired) electrons. The highest BCUT2D eigenvalue weighted by Crippen LogP contribution is 2.64. The number of benzene rings is 7. The van der Waals surface area contributed by atoms with E-state index in [4.69, 9.17) is 9.98 Å². The highest BCUT2D eigenvalue weighted by atomic mass is 32.2. The third-order valence-corrected chi connectivity index (χ3v) is 17.4. The van der Waals surface area contributed by atoms with E-state index >= 15 is 0 Å². The van der Waals surface area contributed by atoms with E-state index in [1.54, 1.807) is 0 Å². The molecular weight excluding hydrogens is 753 g/mol. The summed E-state index contributed by atoms with van der Waals surface area (Å²) in [6, 6.07) is 55.4. The summed E-state index contributed by atoms with van der Waals surface area (Å²) in [4.78, 5) is 10.4. The Kier molecular flexibility index (Phi) is 7.78. The standard InChI is InChI=1S/C55H48N2S2/c1-51(2)53(5,6)58-49(56-51)38-17-13-15-33(30-38)35-23-26-40-37(29-35)25-28-44-43-27-24-36(34-16-14-18-39(31-34)50-57-52(3,4)54(7,8)59-50)32-47(43)55(48(40)44)45-21-11-9-19-41(45)42-20-10-12-22-46(42)55/h9-32H,1-8H3. The summed E-state index contributed by atoms with van der Waals surface area (Å²) < 4.78 is 0.0655. The van der Waals surface area contributed by atoms with Crippen LogP contribution in [0.5, 0.6) is 0 Å². The van der Waals surface area contributed by atoms with Crippen molar-refractivity contribution in [3.63, 3.8) is 0 Å². The molecule has 2 nitrogen and oxygen atoms in total. The van der Waals surface area contributed by atoms with Crippen LogP contribution in [-0.4, -0.2) is 30.7 Å². The zero-order chi connectivity index (χ0) is 40.7. The van der Waals surface area contributed by atoms with Crippen LogP contribution in [0.25, 0.3) is 55.3 Å². The Morgan fingerprint density at radius 1 is 0.373 bits per heavy atom. The monoisotopic (exact) mass is 800 g/mol. The van der Waals surface area contributed by atoms with Crippen molar-refractivity contribution in [3.8, 4) is 44.5 Å². The minimum atomic E-state index is -0.469. The third-order valence-electron chi connectivity index (χ3n) is 14.4. The van der Waals surface area contributed by atoms with Gasteiger partial charge in [0.2, 0.25) is 0 Å². The molecule has 7 aromatic rings. The van der Waals surface area contributed by atoms with E-state index in [1.807, 2.05) is 23.5 Å². The second kappa shape index (κ2) is 12.4. The van der Waals surface area contributed by atoms with Crippen molar-refractivity contribution < 1.29 is 0 Å².